The van der Waals surface area contributed by atoms with Gasteiger partial charge in [0.15, 0.2) is 0 Å². The molecule has 0 atom stereocenters. The fourth-order valence-electron chi connectivity index (χ4n) is 2.71. The van der Waals surface area contributed by atoms with Gasteiger partial charge in [0.05, 0.1) is 11.5 Å². The summed E-state index contributed by atoms with van der Waals surface area (Å²) in [5.74, 6) is -0.110. The smallest absolute Gasteiger partial charge is 0.210 e. The Morgan fingerprint density at radius 3 is 2.61 bits per heavy atom. The van der Waals surface area contributed by atoms with Crippen molar-refractivity contribution in [3.8, 4) is 5.75 Å². The summed E-state index contributed by atoms with van der Waals surface area (Å²) in [6, 6.07) is 8.33. The van der Waals surface area contributed by atoms with Gasteiger partial charge in [0.2, 0.25) is 9.84 Å². The lowest BCUT2D eigenvalue weighted by Gasteiger charge is -2.20. The van der Waals surface area contributed by atoms with E-state index in [1.54, 1.807) is 6.07 Å². The molecule has 0 fully saturated rings. The summed E-state index contributed by atoms with van der Waals surface area (Å²) in [5.41, 5.74) is 2.06. The molecule has 0 radical (unpaired) electrons. The monoisotopic (exact) mass is 335 g/mol. The van der Waals surface area contributed by atoms with Gasteiger partial charge in [-0.1, -0.05) is 0 Å². The number of sulfone groups is 1. The van der Waals surface area contributed by atoms with Crippen LogP contribution in [0.1, 0.15) is 18.1 Å². The van der Waals surface area contributed by atoms with Crippen LogP contribution in [0.3, 0.4) is 0 Å². The maximum atomic E-state index is 13.1. The topological polar surface area (TPSA) is 55.4 Å². The molecule has 0 spiro atoms. The second kappa shape index (κ2) is 6.29. The van der Waals surface area contributed by atoms with Crippen LogP contribution in [0.25, 0.3) is 0 Å². The highest BCUT2D eigenvalue weighted by Gasteiger charge is 2.25. The van der Waals surface area contributed by atoms with Crippen LogP contribution in [0, 0.1) is 5.82 Å². The van der Waals surface area contributed by atoms with Gasteiger partial charge in [-0.2, -0.15) is 0 Å². The van der Waals surface area contributed by atoms with Crippen molar-refractivity contribution in [3.63, 3.8) is 0 Å². The maximum absolute atomic E-state index is 13.1. The molecule has 1 aliphatic heterocycles. The van der Waals surface area contributed by atoms with Gasteiger partial charge in [0, 0.05) is 6.54 Å². The highest BCUT2D eigenvalue weighted by atomic mass is 32.2. The molecule has 2 aromatic rings. The Morgan fingerprint density at radius 2 is 1.91 bits per heavy atom. The summed E-state index contributed by atoms with van der Waals surface area (Å²) >= 11 is 0. The van der Waals surface area contributed by atoms with E-state index in [-0.39, 0.29) is 9.79 Å². The third-order valence-corrected chi connectivity index (χ3v) is 5.66. The molecule has 0 bridgehead atoms. The van der Waals surface area contributed by atoms with Crippen LogP contribution in [0.15, 0.2) is 46.2 Å². The lowest BCUT2D eigenvalue weighted by Crippen LogP contribution is -2.24. The quantitative estimate of drug-likeness (QED) is 0.873. The minimum absolute atomic E-state index is 0.0589. The van der Waals surface area contributed by atoms with E-state index in [9.17, 15) is 12.8 Å². The zero-order chi connectivity index (χ0) is 16.4. The molecular formula is C17H18FNO3S. The van der Waals surface area contributed by atoms with Crippen LogP contribution in [0.4, 0.5) is 4.39 Å². The lowest BCUT2D eigenvalue weighted by atomic mass is 10.0. The van der Waals surface area contributed by atoms with Crippen LogP contribution < -0.4 is 10.1 Å². The lowest BCUT2D eigenvalue weighted by molar-refractivity contribution is 0.330. The van der Waals surface area contributed by atoms with Crippen molar-refractivity contribution in [1.29, 1.82) is 0 Å². The van der Waals surface area contributed by atoms with Crippen LogP contribution in [-0.2, 0) is 22.8 Å². The van der Waals surface area contributed by atoms with Gasteiger partial charge in [-0.05, 0) is 67.4 Å². The summed E-state index contributed by atoms with van der Waals surface area (Å²) < 4.78 is 44.4. The summed E-state index contributed by atoms with van der Waals surface area (Å²) in [4.78, 5) is 0.192. The molecule has 122 valence electrons. The first-order valence-corrected chi connectivity index (χ1v) is 9.00. The van der Waals surface area contributed by atoms with Crippen LogP contribution >= 0.6 is 0 Å². The van der Waals surface area contributed by atoms with E-state index in [1.807, 2.05) is 13.0 Å². The average Bonchev–Trinajstić information content (AvgIpc) is 2.55. The normalized spacial score (nSPS) is 14.3. The van der Waals surface area contributed by atoms with Gasteiger partial charge < -0.3 is 10.1 Å². The second-order valence-electron chi connectivity index (χ2n) is 5.38. The van der Waals surface area contributed by atoms with Crippen LogP contribution in [0.2, 0.25) is 0 Å². The summed E-state index contributed by atoms with van der Waals surface area (Å²) in [7, 11) is -3.76. The highest BCUT2D eigenvalue weighted by molar-refractivity contribution is 7.91. The van der Waals surface area contributed by atoms with Crippen molar-refractivity contribution in [2.24, 2.45) is 0 Å². The van der Waals surface area contributed by atoms with Crippen LogP contribution in [0.5, 0.6) is 5.75 Å². The Bertz CT molecular complexity index is 816. The van der Waals surface area contributed by atoms with Crippen molar-refractivity contribution >= 4 is 9.84 Å². The number of rotatable bonds is 4. The van der Waals surface area contributed by atoms with Gasteiger partial charge in [-0.25, -0.2) is 12.8 Å². The second-order valence-corrected chi connectivity index (χ2v) is 7.30. The predicted molar refractivity (Wildman–Crippen MR) is 84.9 cm³/mol. The van der Waals surface area contributed by atoms with E-state index in [0.717, 1.165) is 36.2 Å². The summed E-state index contributed by atoms with van der Waals surface area (Å²) in [6.45, 7) is 3.69. The molecule has 0 aliphatic carbocycles. The molecule has 0 saturated carbocycles. The van der Waals surface area contributed by atoms with Crippen molar-refractivity contribution < 1.29 is 17.5 Å². The van der Waals surface area contributed by atoms with E-state index in [0.29, 0.717) is 18.9 Å². The number of nitrogens with one attached hydrogen (secondary N) is 1. The number of hydrogen-bond donors (Lipinski definition) is 1. The van der Waals surface area contributed by atoms with Crippen molar-refractivity contribution in [1.82, 2.24) is 5.32 Å². The van der Waals surface area contributed by atoms with Gasteiger partial charge in [0.25, 0.3) is 0 Å². The third-order valence-electron chi connectivity index (χ3n) is 3.87. The Balaban J connectivity index is 2.14. The molecule has 0 aromatic heterocycles. The van der Waals surface area contributed by atoms with E-state index >= 15 is 0 Å². The fourth-order valence-corrected chi connectivity index (χ4v) is 4.14. The first kappa shape index (κ1) is 16.0. The molecule has 23 heavy (non-hydrogen) atoms. The summed E-state index contributed by atoms with van der Waals surface area (Å²) in [6.07, 6.45) is 0.840. The molecular weight excluding hydrogens is 317 g/mol. The van der Waals surface area contributed by atoms with Gasteiger partial charge in [-0.15, -0.1) is 0 Å². The maximum Gasteiger partial charge on any atom is 0.210 e. The first-order chi connectivity index (χ1) is 11.0. The molecule has 1 aliphatic rings. The minimum Gasteiger partial charge on any atom is -0.492 e. The molecule has 0 unspecified atom stereocenters. The average molecular weight is 335 g/mol. The fraction of sp³-hybridized carbons (Fsp3) is 0.294. The first-order valence-electron chi connectivity index (χ1n) is 7.52. The number of fused-ring (bicyclic) bond motifs is 1. The summed E-state index contributed by atoms with van der Waals surface area (Å²) in [5, 5.41) is 3.23. The molecule has 4 nitrogen and oxygen atoms in total. The van der Waals surface area contributed by atoms with Crippen molar-refractivity contribution in [3.05, 3.63) is 53.3 Å². The Labute approximate surface area is 135 Å². The standard InChI is InChI=1S/C17H18FNO3S/c1-2-22-16-9-12-7-8-19-11-13(12)10-17(16)23(20,21)15-5-3-14(18)4-6-15/h3-6,9-10,19H,2,7-8,11H2,1H3. The van der Waals surface area contributed by atoms with E-state index in [2.05, 4.69) is 5.32 Å². The Morgan fingerprint density at radius 1 is 1.17 bits per heavy atom. The van der Waals surface area contributed by atoms with Crippen molar-refractivity contribution in [2.75, 3.05) is 13.2 Å². The van der Waals surface area contributed by atoms with Crippen LogP contribution in [-0.4, -0.2) is 21.6 Å². The van der Waals surface area contributed by atoms with E-state index in [1.165, 1.54) is 12.1 Å². The van der Waals surface area contributed by atoms with Gasteiger partial charge in [-0.3, -0.25) is 0 Å². The van der Waals surface area contributed by atoms with E-state index in [4.69, 9.17) is 4.74 Å². The minimum atomic E-state index is -3.76. The van der Waals surface area contributed by atoms with Gasteiger partial charge in [0.1, 0.15) is 16.5 Å². The zero-order valence-electron chi connectivity index (χ0n) is 12.8. The molecule has 2 aromatic carbocycles. The molecule has 6 heteroatoms. The number of ether oxygens (including phenoxy) is 1. The van der Waals surface area contributed by atoms with E-state index < -0.39 is 15.7 Å². The van der Waals surface area contributed by atoms with Gasteiger partial charge >= 0.3 is 0 Å². The molecule has 1 N–H and O–H groups in total. The molecule has 0 amide bonds. The Hall–Kier alpha value is -1.92. The highest BCUT2D eigenvalue weighted by Crippen LogP contribution is 2.33. The molecule has 0 saturated heterocycles. The number of halogens is 1. The predicted octanol–water partition coefficient (Wildman–Crippen LogP) is 2.70. The zero-order valence-corrected chi connectivity index (χ0v) is 13.6. The SMILES string of the molecule is CCOc1cc2c(cc1S(=O)(=O)c1ccc(F)cc1)CNCC2. The third kappa shape index (κ3) is 3.09. The Kier molecular flexibility index (Phi) is 4.37. The molecule has 3 rings (SSSR count). The molecule has 1 heterocycles. The van der Waals surface area contributed by atoms with Crippen molar-refractivity contribution in [2.45, 2.75) is 29.7 Å². The largest absolute Gasteiger partial charge is 0.492 e. The number of hydrogen-bond acceptors (Lipinski definition) is 4. The number of benzene rings is 2.